The molecule has 0 bridgehead atoms. The number of unbranched alkanes of at least 4 members (excludes halogenated alkanes) is 1. The van der Waals surface area contributed by atoms with Gasteiger partial charge >= 0.3 is 5.97 Å². The first-order chi connectivity index (χ1) is 14.4. The Labute approximate surface area is 177 Å². The zero-order chi connectivity index (χ0) is 21.7. The Morgan fingerprint density at radius 2 is 1.77 bits per heavy atom. The predicted octanol–water partition coefficient (Wildman–Crippen LogP) is 5.22. The lowest BCUT2D eigenvalue weighted by molar-refractivity contribution is -0.134. The Balaban J connectivity index is 1.85. The molecule has 0 saturated carbocycles. The van der Waals surface area contributed by atoms with E-state index in [-0.39, 0.29) is 5.97 Å². The number of carbonyl (C=O) groups excluding carboxylic acids is 1. The third kappa shape index (κ3) is 4.82. The molecule has 1 aromatic heterocycles. The van der Waals surface area contributed by atoms with Crippen LogP contribution in [0.25, 0.3) is 22.6 Å². The third-order valence-electron chi connectivity index (χ3n) is 4.94. The predicted molar refractivity (Wildman–Crippen MR) is 120 cm³/mol. The molecule has 1 heterocycles. The number of H-pyrrole nitrogens is 1. The number of methoxy groups -OCH3 is 1. The molecular weight excluding hydrogens is 378 g/mol. The summed E-state index contributed by atoms with van der Waals surface area (Å²) in [7, 11) is 5.60. The molecule has 3 aromatic rings. The Bertz CT molecular complexity index is 1010. The highest BCUT2D eigenvalue weighted by molar-refractivity contribution is 5.75. The number of esters is 1. The van der Waals surface area contributed by atoms with Crippen LogP contribution < -0.4 is 14.4 Å². The summed E-state index contributed by atoms with van der Waals surface area (Å²) in [6.07, 6.45) is 2.15. The van der Waals surface area contributed by atoms with Gasteiger partial charge in [-0.15, -0.1) is 0 Å². The SMILES string of the molecule is CCCCC(=O)Oc1ccc(-c2nc(-c3ccc(N(C)C)cc3)c(C)[nH]2)cc1OC. The van der Waals surface area contributed by atoms with Gasteiger partial charge < -0.3 is 19.4 Å². The lowest BCUT2D eigenvalue weighted by Crippen LogP contribution is -2.08. The van der Waals surface area contributed by atoms with Crippen LogP contribution in [0.5, 0.6) is 11.5 Å². The van der Waals surface area contributed by atoms with Crippen LogP contribution in [0.4, 0.5) is 5.69 Å². The van der Waals surface area contributed by atoms with E-state index in [9.17, 15) is 4.79 Å². The summed E-state index contributed by atoms with van der Waals surface area (Å²) in [5.41, 5.74) is 4.94. The molecule has 0 spiro atoms. The van der Waals surface area contributed by atoms with E-state index in [1.807, 2.05) is 40.1 Å². The number of nitrogens with zero attached hydrogens (tertiary/aromatic N) is 2. The molecular formula is C24H29N3O3. The highest BCUT2D eigenvalue weighted by Crippen LogP contribution is 2.33. The molecule has 0 aliphatic carbocycles. The van der Waals surface area contributed by atoms with E-state index in [4.69, 9.17) is 14.5 Å². The molecule has 0 atom stereocenters. The summed E-state index contributed by atoms with van der Waals surface area (Å²) < 4.78 is 10.9. The summed E-state index contributed by atoms with van der Waals surface area (Å²) in [6, 6.07) is 13.8. The molecule has 158 valence electrons. The van der Waals surface area contributed by atoms with E-state index in [2.05, 4.69) is 34.1 Å². The van der Waals surface area contributed by atoms with Crippen LogP contribution in [0, 0.1) is 6.92 Å². The van der Waals surface area contributed by atoms with Gasteiger partial charge in [0, 0.05) is 43.0 Å². The minimum Gasteiger partial charge on any atom is -0.493 e. The van der Waals surface area contributed by atoms with Gasteiger partial charge in [-0.05, 0) is 43.7 Å². The normalized spacial score (nSPS) is 10.7. The van der Waals surface area contributed by atoms with Gasteiger partial charge in [-0.3, -0.25) is 4.79 Å². The Morgan fingerprint density at radius 1 is 1.07 bits per heavy atom. The van der Waals surface area contributed by atoms with Crippen LogP contribution in [0.1, 0.15) is 31.9 Å². The number of aromatic nitrogens is 2. The van der Waals surface area contributed by atoms with E-state index in [0.29, 0.717) is 17.9 Å². The molecule has 30 heavy (non-hydrogen) atoms. The minimum atomic E-state index is -0.250. The van der Waals surface area contributed by atoms with Crippen molar-refractivity contribution in [3.8, 4) is 34.1 Å². The van der Waals surface area contributed by atoms with Crippen molar-refractivity contribution in [1.82, 2.24) is 9.97 Å². The van der Waals surface area contributed by atoms with Gasteiger partial charge in [-0.25, -0.2) is 4.98 Å². The average molecular weight is 408 g/mol. The number of aryl methyl sites for hydroxylation is 1. The molecule has 0 aliphatic heterocycles. The number of ether oxygens (including phenoxy) is 2. The van der Waals surface area contributed by atoms with Gasteiger partial charge in [0.15, 0.2) is 11.5 Å². The van der Waals surface area contributed by atoms with Gasteiger partial charge in [0.2, 0.25) is 0 Å². The second-order valence-corrected chi connectivity index (χ2v) is 7.44. The summed E-state index contributed by atoms with van der Waals surface area (Å²) in [4.78, 5) is 22.2. The number of anilines is 1. The Hall–Kier alpha value is -3.28. The molecule has 0 saturated heterocycles. The molecule has 6 heteroatoms. The number of imidazole rings is 1. The fourth-order valence-corrected chi connectivity index (χ4v) is 3.19. The first kappa shape index (κ1) is 21.4. The number of carbonyl (C=O) groups is 1. The molecule has 1 N–H and O–H groups in total. The van der Waals surface area contributed by atoms with E-state index >= 15 is 0 Å². The first-order valence-corrected chi connectivity index (χ1v) is 10.2. The lowest BCUT2D eigenvalue weighted by atomic mass is 10.1. The second kappa shape index (κ2) is 9.48. The van der Waals surface area contributed by atoms with E-state index in [1.165, 1.54) is 0 Å². The van der Waals surface area contributed by atoms with Crippen molar-refractivity contribution in [2.45, 2.75) is 33.1 Å². The van der Waals surface area contributed by atoms with Crippen molar-refractivity contribution in [3.05, 3.63) is 48.2 Å². The first-order valence-electron chi connectivity index (χ1n) is 10.2. The zero-order valence-electron chi connectivity index (χ0n) is 18.3. The van der Waals surface area contributed by atoms with Crippen molar-refractivity contribution in [3.63, 3.8) is 0 Å². The monoisotopic (exact) mass is 407 g/mol. The second-order valence-electron chi connectivity index (χ2n) is 7.44. The maximum absolute atomic E-state index is 12.0. The van der Waals surface area contributed by atoms with Crippen molar-refractivity contribution >= 4 is 11.7 Å². The fraction of sp³-hybridized carbons (Fsp3) is 0.333. The topological polar surface area (TPSA) is 67.5 Å². The standard InChI is InChI=1S/C24H29N3O3/c1-6-7-8-22(28)30-20-14-11-18(15-21(20)29-5)24-25-16(2)23(26-24)17-9-12-19(13-10-17)27(3)4/h9-15H,6-8H2,1-5H3,(H,25,26). The number of benzene rings is 2. The van der Waals surface area contributed by atoms with Crippen LogP contribution in [-0.2, 0) is 4.79 Å². The molecule has 3 rings (SSSR count). The number of nitrogens with one attached hydrogen (secondary N) is 1. The maximum Gasteiger partial charge on any atom is 0.311 e. The smallest absolute Gasteiger partial charge is 0.311 e. The van der Waals surface area contributed by atoms with E-state index in [1.54, 1.807) is 13.2 Å². The van der Waals surface area contributed by atoms with Gasteiger partial charge in [0.1, 0.15) is 5.82 Å². The molecule has 0 aliphatic rings. The van der Waals surface area contributed by atoms with Crippen LogP contribution in [-0.4, -0.2) is 37.1 Å². The van der Waals surface area contributed by atoms with Gasteiger partial charge in [-0.1, -0.05) is 25.5 Å². The minimum absolute atomic E-state index is 0.250. The number of aromatic amines is 1. The maximum atomic E-state index is 12.0. The molecule has 2 aromatic carbocycles. The zero-order valence-corrected chi connectivity index (χ0v) is 18.3. The number of hydrogen-bond acceptors (Lipinski definition) is 5. The average Bonchev–Trinajstić information content (AvgIpc) is 3.14. The number of hydrogen-bond donors (Lipinski definition) is 1. The number of rotatable bonds is 8. The summed E-state index contributed by atoms with van der Waals surface area (Å²) >= 11 is 0. The lowest BCUT2D eigenvalue weighted by Gasteiger charge is -2.12. The molecule has 0 fully saturated rings. The van der Waals surface area contributed by atoms with Gasteiger partial charge in [0.25, 0.3) is 0 Å². The van der Waals surface area contributed by atoms with Crippen molar-refractivity contribution in [2.75, 3.05) is 26.1 Å². The summed E-state index contributed by atoms with van der Waals surface area (Å²) in [5.74, 6) is 1.41. The Kier molecular flexibility index (Phi) is 6.77. The molecule has 0 unspecified atom stereocenters. The van der Waals surface area contributed by atoms with Crippen LogP contribution in [0.2, 0.25) is 0 Å². The van der Waals surface area contributed by atoms with Gasteiger partial charge in [-0.2, -0.15) is 0 Å². The third-order valence-corrected chi connectivity index (χ3v) is 4.94. The van der Waals surface area contributed by atoms with Gasteiger partial charge in [0.05, 0.1) is 12.8 Å². The highest BCUT2D eigenvalue weighted by Gasteiger charge is 2.15. The quantitative estimate of drug-likeness (QED) is 0.409. The van der Waals surface area contributed by atoms with Crippen LogP contribution in [0.15, 0.2) is 42.5 Å². The molecule has 0 amide bonds. The van der Waals surface area contributed by atoms with Crippen molar-refractivity contribution in [2.24, 2.45) is 0 Å². The summed E-state index contributed by atoms with van der Waals surface area (Å²) in [5, 5.41) is 0. The van der Waals surface area contributed by atoms with Crippen molar-refractivity contribution < 1.29 is 14.3 Å². The van der Waals surface area contributed by atoms with Crippen molar-refractivity contribution in [1.29, 1.82) is 0 Å². The molecule has 0 radical (unpaired) electrons. The van der Waals surface area contributed by atoms with E-state index in [0.717, 1.165) is 46.9 Å². The molecule has 6 nitrogen and oxygen atoms in total. The van der Waals surface area contributed by atoms with Crippen LogP contribution in [0.3, 0.4) is 0 Å². The Morgan fingerprint density at radius 3 is 2.40 bits per heavy atom. The summed E-state index contributed by atoms with van der Waals surface area (Å²) in [6.45, 7) is 4.05. The fourth-order valence-electron chi connectivity index (χ4n) is 3.19. The largest absolute Gasteiger partial charge is 0.493 e. The van der Waals surface area contributed by atoms with Crippen LogP contribution >= 0.6 is 0 Å². The van der Waals surface area contributed by atoms with E-state index < -0.39 is 0 Å². The highest BCUT2D eigenvalue weighted by atomic mass is 16.6.